The van der Waals surface area contributed by atoms with Gasteiger partial charge in [0, 0.05) is 44.3 Å². The molecular weight excluding hydrogens is 376 g/mol. The molecule has 1 aromatic carbocycles. The van der Waals surface area contributed by atoms with Gasteiger partial charge >= 0.3 is 0 Å². The fourth-order valence-electron chi connectivity index (χ4n) is 2.99. The number of nitrogens with one attached hydrogen (secondary N) is 1. The van der Waals surface area contributed by atoms with Gasteiger partial charge in [0.15, 0.2) is 0 Å². The standard InChI is InChI=1S/C20H24N4O5/c1-2-28-15-6-4-14(5-7-15)20-22-17(29-23-20)9-8-16(25)21-12-3-13-24-18(26)10-11-19(24)27/h4-7H,2-3,8-13H2,1H3,(H,21,25). The van der Waals surface area contributed by atoms with Crippen molar-refractivity contribution >= 4 is 17.7 Å². The Morgan fingerprint density at radius 3 is 2.62 bits per heavy atom. The van der Waals surface area contributed by atoms with Crippen LogP contribution in [0.1, 0.15) is 38.5 Å². The van der Waals surface area contributed by atoms with Gasteiger partial charge in [-0.1, -0.05) is 5.16 Å². The number of ether oxygens (including phenoxy) is 1. The lowest BCUT2D eigenvalue weighted by Gasteiger charge is -2.13. The monoisotopic (exact) mass is 400 g/mol. The van der Waals surface area contributed by atoms with Crippen molar-refractivity contribution in [2.45, 2.75) is 39.0 Å². The van der Waals surface area contributed by atoms with E-state index in [1.165, 1.54) is 4.90 Å². The molecule has 0 aliphatic carbocycles. The van der Waals surface area contributed by atoms with Gasteiger partial charge in [0.2, 0.25) is 29.4 Å². The van der Waals surface area contributed by atoms with Crippen molar-refractivity contribution in [3.05, 3.63) is 30.2 Å². The third-order valence-corrected chi connectivity index (χ3v) is 4.49. The number of hydrogen-bond acceptors (Lipinski definition) is 7. The zero-order valence-electron chi connectivity index (χ0n) is 16.3. The Morgan fingerprint density at radius 1 is 1.21 bits per heavy atom. The summed E-state index contributed by atoms with van der Waals surface area (Å²) < 4.78 is 10.6. The van der Waals surface area contributed by atoms with E-state index >= 15 is 0 Å². The molecule has 0 radical (unpaired) electrons. The molecule has 9 heteroatoms. The predicted molar refractivity (Wildman–Crippen MR) is 103 cm³/mol. The number of hydrogen-bond donors (Lipinski definition) is 1. The van der Waals surface area contributed by atoms with Crippen molar-refractivity contribution in [2.24, 2.45) is 0 Å². The second-order valence-corrected chi connectivity index (χ2v) is 6.61. The van der Waals surface area contributed by atoms with Crippen molar-refractivity contribution in [1.82, 2.24) is 20.4 Å². The molecule has 3 amide bonds. The van der Waals surface area contributed by atoms with Gasteiger partial charge in [0.05, 0.1) is 6.61 Å². The molecule has 0 saturated carbocycles. The van der Waals surface area contributed by atoms with Crippen LogP contribution in [0.5, 0.6) is 5.75 Å². The smallest absolute Gasteiger partial charge is 0.229 e. The van der Waals surface area contributed by atoms with Gasteiger partial charge in [-0.3, -0.25) is 19.3 Å². The molecule has 1 fully saturated rings. The van der Waals surface area contributed by atoms with E-state index in [9.17, 15) is 14.4 Å². The molecule has 1 aliphatic rings. The van der Waals surface area contributed by atoms with Crippen LogP contribution in [0.25, 0.3) is 11.4 Å². The lowest BCUT2D eigenvalue weighted by molar-refractivity contribution is -0.138. The van der Waals surface area contributed by atoms with Crippen LogP contribution in [0.15, 0.2) is 28.8 Å². The molecule has 2 heterocycles. The number of carbonyl (C=O) groups excluding carboxylic acids is 3. The molecule has 0 atom stereocenters. The number of carbonyl (C=O) groups is 3. The molecule has 2 aromatic rings. The highest BCUT2D eigenvalue weighted by Crippen LogP contribution is 2.20. The van der Waals surface area contributed by atoms with E-state index in [1.54, 1.807) is 0 Å². The van der Waals surface area contributed by atoms with Gasteiger partial charge in [0.25, 0.3) is 0 Å². The zero-order valence-corrected chi connectivity index (χ0v) is 16.3. The summed E-state index contributed by atoms with van der Waals surface area (Å²) >= 11 is 0. The average molecular weight is 400 g/mol. The van der Waals surface area contributed by atoms with Crippen molar-refractivity contribution in [1.29, 1.82) is 0 Å². The van der Waals surface area contributed by atoms with E-state index in [1.807, 2.05) is 31.2 Å². The van der Waals surface area contributed by atoms with Crippen molar-refractivity contribution in [3.63, 3.8) is 0 Å². The van der Waals surface area contributed by atoms with E-state index in [0.29, 0.717) is 44.3 Å². The quantitative estimate of drug-likeness (QED) is 0.477. The van der Waals surface area contributed by atoms with Gasteiger partial charge in [0.1, 0.15) is 5.75 Å². The van der Waals surface area contributed by atoms with Crippen LogP contribution >= 0.6 is 0 Å². The number of benzene rings is 1. The average Bonchev–Trinajstić information content (AvgIpc) is 3.32. The SMILES string of the molecule is CCOc1ccc(-c2noc(CCC(=O)NCCCN3C(=O)CCC3=O)n2)cc1. The minimum absolute atomic E-state index is 0.138. The summed E-state index contributed by atoms with van der Waals surface area (Å²) in [4.78, 5) is 40.5. The first kappa shape index (κ1) is 20.5. The van der Waals surface area contributed by atoms with Crippen LogP contribution in [0.3, 0.4) is 0 Å². The van der Waals surface area contributed by atoms with Crippen LogP contribution in [0.2, 0.25) is 0 Å². The summed E-state index contributed by atoms with van der Waals surface area (Å²) in [5.74, 6) is 1.20. The summed E-state index contributed by atoms with van der Waals surface area (Å²) in [7, 11) is 0. The van der Waals surface area contributed by atoms with Crippen LogP contribution in [-0.2, 0) is 20.8 Å². The van der Waals surface area contributed by atoms with Crippen LogP contribution in [-0.4, -0.2) is 52.5 Å². The second-order valence-electron chi connectivity index (χ2n) is 6.61. The molecule has 154 valence electrons. The molecular formula is C20H24N4O5. The Morgan fingerprint density at radius 2 is 1.93 bits per heavy atom. The van der Waals surface area contributed by atoms with E-state index in [-0.39, 0.29) is 37.0 Å². The first-order chi connectivity index (χ1) is 14.1. The third kappa shape index (κ3) is 5.63. The number of amides is 3. The molecule has 0 bridgehead atoms. The fraction of sp³-hybridized carbons (Fsp3) is 0.450. The maximum Gasteiger partial charge on any atom is 0.229 e. The fourth-order valence-corrected chi connectivity index (χ4v) is 2.99. The number of nitrogens with zero attached hydrogens (tertiary/aromatic N) is 3. The maximum absolute atomic E-state index is 12.0. The summed E-state index contributed by atoms with van der Waals surface area (Å²) in [6, 6.07) is 7.38. The van der Waals surface area contributed by atoms with Crippen molar-refractivity contribution in [2.75, 3.05) is 19.7 Å². The van der Waals surface area contributed by atoms with Gasteiger partial charge in [-0.15, -0.1) is 0 Å². The first-order valence-corrected chi connectivity index (χ1v) is 9.72. The molecule has 1 N–H and O–H groups in total. The molecule has 0 unspecified atom stereocenters. The first-order valence-electron chi connectivity index (χ1n) is 9.72. The normalized spacial score (nSPS) is 13.8. The molecule has 1 aliphatic heterocycles. The van der Waals surface area contributed by atoms with Crippen LogP contribution in [0.4, 0.5) is 0 Å². The Kier molecular flexibility index (Phi) is 6.94. The Labute approximate surface area is 168 Å². The highest BCUT2D eigenvalue weighted by atomic mass is 16.5. The highest BCUT2D eigenvalue weighted by molar-refractivity contribution is 6.01. The van der Waals surface area contributed by atoms with Crippen LogP contribution in [0, 0.1) is 0 Å². The largest absolute Gasteiger partial charge is 0.494 e. The minimum Gasteiger partial charge on any atom is -0.494 e. The minimum atomic E-state index is -0.148. The molecule has 29 heavy (non-hydrogen) atoms. The molecule has 1 saturated heterocycles. The Bertz CT molecular complexity index is 846. The Balaban J connectivity index is 1.38. The molecule has 0 spiro atoms. The lowest BCUT2D eigenvalue weighted by atomic mass is 10.2. The summed E-state index contributed by atoms with van der Waals surface area (Å²) in [6.07, 6.45) is 1.65. The number of likely N-dealkylation sites (tertiary alicyclic amines) is 1. The number of aryl methyl sites for hydroxylation is 1. The Hall–Kier alpha value is -3.23. The summed E-state index contributed by atoms with van der Waals surface area (Å²) in [6.45, 7) is 3.26. The van der Waals surface area contributed by atoms with Gasteiger partial charge in [-0.25, -0.2) is 0 Å². The number of aromatic nitrogens is 2. The van der Waals surface area contributed by atoms with Crippen molar-refractivity contribution in [3.8, 4) is 17.1 Å². The van der Waals surface area contributed by atoms with Gasteiger partial charge in [-0.05, 0) is 37.6 Å². The van der Waals surface area contributed by atoms with Gasteiger partial charge in [-0.2, -0.15) is 4.98 Å². The number of imide groups is 1. The maximum atomic E-state index is 12.0. The molecule has 9 nitrogen and oxygen atoms in total. The molecule has 1 aromatic heterocycles. The van der Waals surface area contributed by atoms with E-state index < -0.39 is 0 Å². The van der Waals surface area contributed by atoms with E-state index in [0.717, 1.165) is 11.3 Å². The number of rotatable bonds is 10. The molecule has 3 rings (SSSR count). The summed E-state index contributed by atoms with van der Waals surface area (Å²) in [5.41, 5.74) is 0.805. The van der Waals surface area contributed by atoms with E-state index in [4.69, 9.17) is 9.26 Å². The van der Waals surface area contributed by atoms with Crippen LogP contribution < -0.4 is 10.1 Å². The van der Waals surface area contributed by atoms with Crippen molar-refractivity contribution < 1.29 is 23.6 Å². The topological polar surface area (TPSA) is 115 Å². The lowest BCUT2D eigenvalue weighted by Crippen LogP contribution is -2.33. The summed E-state index contributed by atoms with van der Waals surface area (Å²) in [5, 5.41) is 6.72. The van der Waals surface area contributed by atoms with E-state index in [2.05, 4.69) is 15.5 Å². The second kappa shape index (κ2) is 9.81. The third-order valence-electron chi connectivity index (χ3n) is 4.49. The van der Waals surface area contributed by atoms with Gasteiger partial charge < -0.3 is 14.6 Å². The highest BCUT2D eigenvalue weighted by Gasteiger charge is 2.27. The zero-order chi connectivity index (χ0) is 20.6. The predicted octanol–water partition coefficient (Wildman–Crippen LogP) is 1.72.